The lowest BCUT2D eigenvalue weighted by Crippen LogP contribution is -1.96. The summed E-state index contributed by atoms with van der Waals surface area (Å²) >= 11 is 1.60. The van der Waals surface area contributed by atoms with Crippen LogP contribution in [0.2, 0.25) is 0 Å². The van der Waals surface area contributed by atoms with Gasteiger partial charge in [-0.15, -0.1) is 11.3 Å². The minimum atomic E-state index is 0.604. The zero-order valence-corrected chi connectivity index (χ0v) is 12.4. The molecule has 1 aromatic carbocycles. The van der Waals surface area contributed by atoms with E-state index in [0.717, 1.165) is 21.8 Å². The third kappa shape index (κ3) is 2.87. The fraction of sp³-hybridized carbons (Fsp3) is 0.125. The molecule has 2 heterocycles. The molecule has 0 atom stereocenters. The van der Waals surface area contributed by atoms with Gasteiger partial charge >= 0.3 is 0 Å². The number of benzene rings is 1. The summed E-state index contributed by atoms with van der Waals surface area (Å²) in [5.41, 5.74) is 9.65. The molecule has 0 bridgehead atoms. The Labute approximate surface area is 127 Å². The Morgan fingerprint density at radius 3 is 2.67 bits per heavy atom. The van der Waals surface area contributed by atoms with Gasteiger partial charge in [0.1, 0.15) is 10.8 Å². The minimum Gasteiger partial charge on any atom is -0.492 e. The lowest BCUT2D eigenvalue weighted by atomic mass is 10.2. The molecule has 21 heavy (non-hydrogen) atoms. The average molecular weight is 297 g/mol. The van der Waals surface area contributed by atoms with Crippen LogP contribution in [0.5, 0.6) is 5.75 Å². The highest BCUT2D eigenvalue weighted by Gasteiger charge is 2.09. The van der Waals surface area contributed by atoms with Gasteiger partial charge in [-0.05, 0) is 37.3 Å². The van der Waals surface area contributed by atoms with Gasteiger partial charge in [0.25, 0.3) is 0 Å². The van der Waals surface area contributed by atoms with Crippen LogP contribution in [-0.4, -0.2) is 16.6 Å². The Morgan fingerprint density at radius 1 is 1.14 bits per heavy atom. The molecule has 2 aromatic heterocycles. The van der Waals surface area contributed by atoms with Gasteiger partial charge in [-0.2, -0.15) is 0 Å². The van der Waals surface area contributed by atoms with Crippen molar-refractivity contribution < 1.29 is 4.74 Å². The Hall–Kier alpha value is -2.40. The van der Waals surface area contributed by atoms with Crippen LogP contribution >= 0.6 is 11.3 Å². The molecule has 0 aliphatic carbocycles. The number of hydrogen-bond acceptors (Lipinski definition) is 5. The van der Waals surface area contributed by atoms with Crippen LogP contribution < -0.4 is 10.5 Å². The number of ether oxygens (including phenoxy) is 1. The summed E-state index contributed by atoms with van der Waals surface area (Å²) in [6.07, 6.45) is 3.53. The fourth-order valence-corrected chi connectivity index (χ4v) is 2.86. The van der Waals surface area contributed by atoms with Crippen LogP contribution in [0.25, 0.3) is 21.8 Å². The van der Waals surface area contributed by atoms with Gasteiger partial charge < -0.3 is 10.5 Å². The highest BCUT2D eigenvalue weighted by Crippen LogP contribution is 2.32. The van der Waals surface area contributed by atoms with Gasteiger partial charge in [-0.3, -0.25) is 4.98 Å². The number of anilines is 1. The number of hydrogen-bond donors (Lipinski definition) is 1. The van der Waals surface area contributed by atoms with Crippen molar-refractivity contribution in [2.45, 2.75) is 6.92 Å². The molecule has 5 heteroatoms. The van der Waals surface area contributed by atoms with Crippen molar-refractivity contribution in [2.24, 2.45) is 0 Å². The van der Waals surface area contributed by atoms with E-state index in [1.54, 1.807) is 23.7 Å². The van der Waals surface area contributed by atoms with Crippen molar-refractivity contribution in [3.8, 4) is 27.6 Å². The van der Waals surface area contributed by atoms with Crippen LogP contribution in [-0.2, 0) is 0 Å². The predicted molar refractivity (Wildman–Crippen MR) is 86.4 cm³/mol. The second-order valence-corrected chi connectivity index (χ2v) is 5.32. The van der Waals surface area contributed by atoms with Gasteiger partial charge in [0, 0.05) is 28.9 Å². The third-order valence-corrected chi connectivity index (χ3v) is 3.93. The Bertz CT molecular complexity index is 740. The van der Waals surface area contributed by atoms with Crippen molar-refractivity contribution in [1.82, 2.24) is 9.97 Å². The maximum atomic E-state index is 6.01. The number of thiazole rings is 1. The lowest BCUT2D eigenvalue weighted by Gasteiger charge is -2.07. The molecule has 0 radical (unpaired) electrons. The standard InChI is InChI=1S/C16H15N3OS/c1-2-20-15-4-3-12(9-13(15)17)16-19-14(10-21-16)11-5-7-18-8-6-11/h3-10H,2,17H2,1H3. The largest absolute Gasteiger partial charge is 0.492 e. The smallest absolute Gasteiger partial charge is 0.142 e. The van der Waals surface area contributed by atoms with E-state index < -0.39 is 0 Å². The lowest BCUT2D eigenvalue weighted by molar-refractivity contribution is 0.342. The average Bonchev–Trinajstić information content (AvgIpc) is 3.00. The SMILES string of the molecule is CCOc1ccc(-c2nc(-c3ccncc3)cs2)cc1N. The minimum absolute atomic E-state index is 0.604. The summed E-state index contributed by atoms with van der Waals surface area (Å²) in [6.45, 7) is 2.54. The van der Waals surface area contributed by atoms with E-state index in [2.05, 4.69) is 9.97 Å². The molecule has 0 unspecified atom stereocenters. The molecule has 0 aliphatic heterocycles. The van der Waals surface area contributed by atoms with Crippen LogP contribution in [0.4, 0.5) is 5.69 Å². The van der Waals surface area contributed by atoms with Crippen LogP contribution in [0.1, 0.15) is 6.92 Å². The molecule has 4 nitrogen and oxygen atoms in total. The molecule has 3 aromatic rings. The van der Waals surface area contributed by atoms with Gasteiger partial charge in [0.2, 0.25) is 0 Å². The molecule has 0 amide bonds. The normalized spacial score (nSPS) is 10.5. The number of nitrogens with two attached hydrogens (primary N) is 1. The number of nitrogen functional groups attached to an aromatic ring is 1. The van der Waals surface area contributed by atoms with Crippen LogP contribution in [0.3, 0.4) is 0 Å². The van der Waals surface area contributed by atoms with E-state index in [1.165, 1.54) is 0 Å². The van der Waals surface area contributed by atoms with Gasteiger partial charge in [0.15, 0.2) is 0 Å². The first-order valence-corrected chi connectivity index (χ1v) is 7.54. The summed E-state index contributed by atoms with van der Waals surface area (Å²) in [6, 6.07) is 9.68. The maximum Gasteiger partial charge on any atom is 0.142 e. The Morgan fingerprint density at radius 2 is 1.95 bits per heavy atom. The van der Waals surface area contributed by atoms with Crippen LogP contribution in [0.15, 0.2) is 48.1 Å². The van der Waals surface area contributed by atoms with Gasteiger partial charge in [-0.25, -0.2) is 4.98 Å². The van der Waals surface area contributed by atoms with Gasteiger partial charge in [-0.1, -0.05) is 0 Å². The summed E-state index contributed by atoms with van der Waals surface area (Å²) in [4.78, 5) is 8.68. The molecule has 0 aliphatic rings. The number of pyridine rings is 1. The third-order valence-electron chi connectivity index (χ3n) is 3.04. The van der Waals surface area contributed by atoms with E-state index >= 15 is 0 Å². The number of nitrogens with zero attached hydrogens (tertiary/aromatic N) is 2. The summed E-state index contributed by atoms with van der Waals surface area (Å²) < 4.78 is 5.45. The maximum absolute atomic E-state index is 6.01. The number of rotatable bonds is 4. The first kappa shape index (κ1) is 13.6. The second kappa shape index (κ2) is 5.93. The topological polar surface area (TPSA) is 61.0 Å². The van der Waals surface area contributed by atoms with Crippen LogP contribution in [0, 0.1) is 0 Å². The molecule has 3 rings (SSSR count). The quantitative estimate of drug-likeness (QED) is 0.743. The van der Waals surface area contributed by atoms with Gasteiger partial charge in [0.05, 0.1) is 18.0 Å². The van der Waals surface area contributed by atoms with Crippen molar-refractivity contribution in [2.75, 3.05) is 12.3 Å². The van der Waals surface area contributed by atoms with Crippen molar-refractivity contribution in [3.05, 3.63) is 48.1 Å². The van der Waals surface area contributed by atoms with E-state index in [-0.39, 0.29) is 0 Å². The summed E-state index contributed by atoms with van der Waals surface area (Å²) in [7, 11) is 0. The molecular weight excluding hydrogens is 282 g/mol. The predicted octanol–water partition coefficient (Wildman–Crippen LogP) is 3.85. The fourth-order valence-electron chi connectivity index (χ4n) is 2.03. The van der Waals surface area contributed by atoms with Crippen molar-refractivity contribution in [1.29, 1.82) is 0 Å². The second-order valence-electron chi connectivity index (χ2n) is 4.46. The number of aromatic nitrogens is 2. The first-order chi connectivity index (χ1) is 10.3. The molecule has 0 saturated heterocycles. The highest BCUT2D eigenvalue weighted by molar-refractivity contribution is 7.13. The zero-order chi connectivity index (χ0) is 14.7. The molecule has 0 fully saturated rings. The molecule has 106 valence electrons. The molecule has 2 N–H and O–H groups in total. The Balaban J connectivity index is 1.91. The van der Waals surface area contributed by atoms with E-state index in [9.17, 15) is 0 Å². The molecule has 0 spiro atoms. The zero-order valence-electron chi connectivity index (χ0n) is 11.6. The molecular formula is C16H15N3OS. The van der Waals surface area contributed by atoms with E-state index in [1.807, 2.05) is 42.6 Å². The monoisotopic (exact) mass is 297 g/mol. The first-order valence-electron chi connectivity index (χ1n) is 6.66. The summed E-state index contributed by atoms with van der Waals surface area (Å²) in [5, 5.41) is 2.98. The highest BCUT2D eigenvalue weighted by atomic mass is 32.1. The van der Waals surface area contributed by atoms with Crippen molar-refractivity contribution in [3.63, 3.8) is 0 Å². The van der Waals surface area contributed by atoms with Crippen molar-refractivity contribution >= 4 is 17.0 Å². The van der Waals surface area contributed by atoms with E-state index in [0.29, 0.717) is 18.0 Å². The molecule has 0 saturated carbocycles. The Kier molecular flexibility index (Phi) is 3.83. The summed E-state index contributed by atoms with van der Waals surface area (Å²) in [5.74, 6) is 0.715. The van der Waals surface area contributed by atoms with E-state index in [4.69, 9.17) is 10.5 Å².